The van der Waals surface area contributed by atoms with E-state index >= 15 is 0 Å². The maximum Gasteiger partial charge on any atom is 0.338 e. The minimum atomic E-state index is -0.467. The smallest absolute Gasteiger partial charge is 0.338 e. The molecule has 0 aromatic heterocycles. The van der Waals surface area contributed by atoms with Crippen LogP contribution in [0.3, 0.4) is 0 Å². The fraction of sp³-hybridized carbons (Fsp3) is 0.118. The standard InChI is InChI=1S/C17H16N4O4S/c1-2-25-16(22)13-5-7-14(8-6-13)19-17(26)20-18-11-12-3-9-15(10-4-12)21(23)24/h3-11H,2H2,1H3,(H2,19,20,26)/b18-11+. The Bertz CT molecular complexity index is 820. The molecule has 26 heavy (non-hydrogen) atoms. The van der Waals surface area contributed by atoms with Crippen LogP contribution in [0.25, 0.3) is 0 Å². The summed E-state index contributed by atoms with van der Waals surface area (Å²) in [6.45, 7) is 2.06. The number of nitrogens with one attached hydrogen (secondary N) is 2. The molecule has 0 bridgehead atoms. The average molecular weight is 372 g/mol. The number of hydrazone groups is 1. The van der Waals surface area contributed by atoms with Crippen molar-refractivity contribution < 1.29 is 14.5 Å². The van der Waals surface area contributed by atoms with Crippen molar-refractivity contribution >= 4 is 40.9 Å². The van der Waals surface area contributed by atoms with Crippen molar-refractivity contribution in [2.24, 2.45) is 5.10 Å². The van der Waals surface area contributed by atoms with Gasteiger partial charge in [0.1, 0.15) is 0 Å². The molecule has 2 N–H and O–H groups in total. The second-order valence-corrected chi connectivity index (χ2v) is 5.38. The molecule has 0 atom stereocenters. The Morgan fingerprint density at radius 2 is 1.88 bits per heavy atom. The van der Waals surface area contributed by atoms with Crippen LogP contribution in [0.5, 0.6) is 0 Å². The fourth-order valence-corrected chi connectivity index (χ4v) is 2.08. The number of nitro groups is 1. The highest BCUT2D eigenvalue weighted by molar-refractivity contribution is 7.80. The van der Waals surface area contributed by atoms with Gasteiger partial charge in [0, 0.05) is 17.8 Å². The third-order valence-corrected chi connectivity index (χ3v) is 3.33. The van der Waals surface area contributed by atoms with Crippen LogP contribution in [0.4, 0.5) is 11.4 Å². The number of benzene rings is 2. The molecule has 0 heterocycles. The number of thiocarbonyl (C=S) groups is 1. The van der Waals surface area contributed by atoms with E-state index in [2.05, 4.69) is 15.8 Å². The molecule has 8 nitrogen and oxygen atoms in total. The van der Waals surface area contributed by atoms with Gasteiger partial charge in [-0.3, -0.25) is 15.5 Å². The largest absolute Gasteiger partial charge is 0.462 e. The van der Waals surface area contributed by atoms with Crippen LogP contribution in [0.1, 0.15) is 22.8 Å². The van der Waals surface area contributed by atoms with Crippen LogP contribution in [-0.2, 0) is 4.74 Å². The highest BCUT2D eigenvalue weighted by atomic mass is 32.1. The topological polar surface area (TPSA) is 106 Å². The lowest BCUT2D eigenvalue weighted by molar-refractivity contribution is -0.384. The van der Waals surface area contributed by atoms with Crippen molar-refractivity contribution in [3.05, 3.63) is 69.8 Å². The van der Waals surface area contributed by atoms with E-state index in [4.69, 9.17) is 17.0 Å². The highest BCUT2D eigenvalue weighted by Crippen LogP contribution is 2.11. The van der Waals surface area contributed by atoms with Crippen LogP contribution < -0.4 is 10.7 Å². The van der Waals surface area contributed by atoms with Crippen LogP contribution in [0, 0.1) is 10.1 Å². The zero-order valence-electron chi connectivity index (χ0n) is 13.8. The van der Waals surface area contributed by atoms with Gasteiger partial charge in [0.2, 0.25) is 0 Å². The summed E-state index contributed by atoms with van der Waals surface area (Å²) in [7, 11) is 0. The molecule has 0 aliphatic rings. The van der Waals surface area contributed by atoms with Gasteiger partial charge in [-0.25, -0.2) is 4.79 Å². The lowest BCUT2D eigenvalue weighted by atomic mass is 10.2. The Labute approximate surface area is 155 Å². The van der Waals surface area contributed by atoms with E-state index in [1.54, 1.807) is 43.3 Å². The first-order chi connectivity index (χ1) is 12.5. The average Bonchev–Trinajstić information content (AvgIpc) is 2.63. The zero-order chi connectivity index (χ0) is 18.9. The van der Waals surface area contributed by atoms with E-state index in [-0.39, 0.29) is 16.8 Å². The summed E-state index contributed by atoms with van der Waals surface area (Å²) in [5.41, 5.74) is 4.47. The molecule has 2 rings (SSSR count). The molecule has 0 spiro atoms. The highest BCUT2D eigenvalue weighted by Gasteiger charge is 2.06. The number of anilines is 1. The summed E-state index contributed by atoms with van der Waals surface area (Å²) in [4.78, 5) is 21.7. The van der Waals surface area contributed by atoms with E-state index in [1.807, 2.05) is 0 Å². The Morgan fingerprint density at radius 1 is 1.23 bits per heavy atom. The van der Waals surface area contributed by atoms with Gasteiger partial charge in [-0.1, -0.05) is 0 Å². The molecular formula is C17H16N4O4S. The first-order valence-electron chi connectivity index (χ1n) is 7.61. The molecule has 0 radical (unpaired) electrons. The number of hydrogen-bond acceptors (Lipinski definition) is 6. The first kappa shape index (κ1) is 19.0. The van der Waals surface area contributed by atoms with Crippen molar-refractivity contribution in [3.8, 4) is 0 Å². The van der Waals surface area contributed by atoms with Gasteiger partial charge in [0.05, 0.1) is 23.3 Å². The van der Waals surface area contributed by atoms with Crippen molar-refractivity contribution in [2.45, 2.75) is 6.92 Å². The fourth-order valence-electron chi connectivity index (χ4n) is 1.91. The summed E-state index contributed by atoms with van der Waals surface area (Å²) in [6.07, 6.45) is 1.49. The quantitative estimate of drug-likeness (QED) is 0.264. The molecule has 134 valence electrons. The van der Waals surface area contributed by atoms with E-state index in [1.165, 1.54) is 18.3 Å². The molecule has 2 aromatic rings. The molecule has 0 unspecified atom stereocenters. The molecule has 0 aliphatic carbocycles. The van der Waals surface area contributed by atoms with Gasteiger partial charge < -0.3 is 10.1 Å². The minimum Gasteiger partial charge on any atom is -0.462 e. The number of esters is 1. The van der Waals surface area contributed by atoms with Gasteiger partial charge in [-0.2, -0.15) is 5.10 Å². The molecule has 0 aliphatic heterocycles. The predicted molar refractivity (Wildman–Crippen MR) is 102 cm³/mol. The van der Waals surface area contributed by atoms with Crippen molar-refractivity contribution in [2.75, 3.05) is 11.9 Å². The zero-order valence-corrected chi connectivity index (χ0v) is 14.7. The first-order valence-corrected chi connectivity index (χ1v) is 8.02. The Balaban J connectivity index is 1.86. The van der Waals surface area contributed by atoms with Gasteiger partial charge in [-0.05, 0) is 61.1 Å². The number of non-ortho nitro benzene ring substituents is 1. The predicted octanol–water partition coefficient (Wildman–Crippen LogP) is 3.09. The maximum absolute atomic E-state index is 11.6. The van der Waals surface area contributed by atoms with E-state index in [0.717, 1.165) is 0 Å². The lowest BCUT2D eigenvalue weighted by Crippen LogP contribution is -2.23. The molecule has 0 fully saturated rings. The summed E-state index contributed by atoms with van der Waals surface area (Å²) >= 11 is 5.12. The van der Waals surface area contributed by atoms with Crippen LogP contribution >= 0.6 is 12.2 Å². The molecule has 0 saturated carbocycles. The van der Waals surface area contributed by atoms with E-state index in [0.29, 0.717) is 23.4 Å². The number of carbonyl (C=O) groups excluding carboxylic acids is 1. The number of nitrogens with zero attached hydrogens (tertiary/aromatic N) is 2. The van der Waals surface area contributed by atoms with Crippen LogP contribution in [0.2, 0.25) is 0 Å². The number of ether oxygens (including phenoxy) is 1. The van der Waals surface area contributed by atoms with Gasteiger partial charge >= 0.3 is 5.97 Å². The summed E-state index contributed by atoms with van der Waals surface area (Å²) in [5.74, 6) is -0.382. The third kappa shape index (κ3) is 5.64. The Hall–Kier alpha value is -3.33. The summed E-state index contributed by atoms with van der Waals surface area (Å²) < 4.78 is 4.91. The summed E-state index contributed by atoms with van der Waals surface area (Å²) in [6, 6.07) is 12.6. The second kappa shape index (κ2) is 9.23. The Kier molecular flexibility index (Phi) is 6.75. The van der Waals surface area contributed by atoms with Gasteiger partial charge in [-0.15, -0.1) is 0 Å². The van der Waals surface area contributed by atoms with Crippen molar-refractivity contribution in [3.63, 3.8) is 0 Å². The number of rotatable bonds is 6. The monoisotopic (exact) mass is 372 g/mol. The van der Waals surface area contributed by atoms with E-state index < -0.39 is 4.92 Å². The summed E-state index contributed by atoms with van der Waals surface area (Å²) in [5, 5.41) is 17.7. The van der Waals surface area contributed by atoms with Crippen LogP contribution in [0.15, 0.2) is 53.6 Å². The maximum atomic E-state index is 11.6. The SMILES string of the molecule is CCOC(=O)c1ccc(NC(=S)N/N=C/c2ccc([N+](=O)[O-])cc2)cc1. The molecule has 0 amide bonds. The normalized spacial score (nSPS) is 10.3. The number of hydrogen-bond donors (Lipinski definition) is 2. The van der Waals surface area contributed by atoms with Crippen molar-refractivity contribution in [1.29, 1.82) is 0 Å². The van der Waals surface area contributed by atoms with Gasteiger partial charge in [0.25, 0.3) is 5.69 Å². The number of nitro benzene ring substituents is 1. The van der Waals surface area contributed by atoms with E-state index in [9.17, 15) is 14.9 Å². The molecule has 2 aromatic carbocycles. The van der Waals surface area contributed by atoms with Crippen molar-refractivity contribution in [1.82, 2.24) is 5.43 Å². The lowest BCUT2D eigenvalue weighted by Gasteiger charge is -2.07. The van der Waals surface area contributed by atoms with Gasteiger partial charge in [0.15, 0.2) is 5.11 Å². The third-order valence-electron chi connectivity index (χ3n) is 3.14. The van der Waals surface area contributed by atoms with Crippen LogP contribution in [-0.4, -0.2) is 28.8 Å². The second-order valence-electron chi connectivity index (χ2n) is 4.97. The number of carbonyl (C=O) groups is 1. The minimum absolute atomic E-state index is 0.0126. The molecule has 9 heteroatoms. The molecule has 0 saturated heterocycles. The molecular weight excluding hydrogens is 356 g/mol. The Morgan fingerprint density at radius 3 is 2.46 bits per heavy atom.